The average Bonchev–Trinajstić information content (AvgIpc) is 3.36. The van der Waals surface area contributed by atoms with Gasteiger partial charge in [-0.3, -0.25) is 4.98 Å². The molecular formula is C25H28F2N6O. The summed E-state index contributed by atoms with van der Waals surface area (Å²) in [5.74, 6) is -2.02. The molecule has 9 heteroatoms. The van der Waals surface area contributed by atoms with Gasteiger partial charge in [-0.2, -0.15) is 0 Å². The molecule has 5 rings (SSSR count). The number of halogens is 2. The molecule has 7 nitrogen and oxygen atoms in total. The molecule has 3 aromatic heterocycles. The molecule has 1 aliphatic heterocycles. The first-order valence-corrected chi connectivity index (χ1v) is 11.6. The fourth-order valence-corrected chi connectivity index (χ4v) is 4.71. The third kappa shape index (κ3) is 4.20. The van der Waals surface area contributed by atoms with Crippen LogP contribution in [0.4, 0.5) is 14.7 Å². The van der Waals surface area contributed by atoms with Crippen LogP contribution in [0.25, 0.3) is 16.8 Å². The number of alkyl halides is 2. The largest absolute Gasteiger partial charge is 0.361 e. The SMILES string of the molecule is Cc1noc(C)c1-c1ccc2c(n1)CC=C2c1nc(N[C@@H]2CC[C@@H](C)NC2)ncc1C(C)(F)F. The zero-order valence-corrected chi connectivity index (χ0v) is 19.7. The first-order valence-electron chi connectivity index (χ1n) is 11.6. The maximum Gasteiger partial charge on any atom is 0.274 e. The highest BCUT2D eigenvalue weighted by atomic mass is 19.3. The number of nitrogens with one attached hydrogen (secondary N) is 2. The summed E-state index contributed by atoms with van der Waals surface area (Å²) in [6, 6.07) is 4.42. The Hall–Kier alpha value is -3.20. The maximum atomic E-state index is 14.5. The summed E-state index contributed by atoms with van der Waals surface area (Å²) in [6.07, 6.45) is 5.70. The minimum absolute atomic E-state index is 0.154. The molecule has 0 bridgehead atoms. The molecule has 1 fully saturated rings. The third-order valence-corrected chi connectivity index (χ3v) is 6.56. The average molecular weight is 467 g/mol. The van der Waals surface area contributed by atoms with Crippen molar-refractivity contribution >= 4 is 11.5 Å². The molecule has 0 spiro atoms. The van der Waals surface area contributed by atoms with Crippen molar-refractivity contribution in [2.24, 2.45) is 0 Å². The van der Waals surface area contributed by atoms with E-state index in [0.717, 1.165) is 54.5 Å². The minimum atomic E-state index is -3.08. The summed E-state index contributed by atoms with van der Waals surface area (Å²) < 4.78 is 34.4. The monoisotopic (exact) mass is 466 g/mol. The van der Waals surface area contributed by atoms with Crippen LogP contribution in [-0.2, 0) is 12.3 Å². The van der Waals surface area contributed by atoms with E-state index in [2.05, 4.69) is 32.7 Å². The van der Waals surface area contributed by atoms with Gasteiger partial charge >= 0.3 is 0 Å². The van der Waals surface area contributed by atoms with Crippen molar-refractivity contribution in [1.82, 2.24) is 25.4 Å². The Morgan fingerprint density at radius 2 is 2.00 bits per heavy atom. The Morgan fingerprint density at radius 3 is 2.68 bits per heavy atom. The molecule has 1 aliphatic carbocycles. The van der Waals surface area contributed by atoms with Gasteiger partial charge in [0, 0.05) is 49.3 Å². The number of hydrogen-bond donors (Lipinski definition) is 2. The van der Waals surface area contributed by atoms with E-state index in [1.54, 1.807) is 0 Å². The van der Waals surface area contributed by atoms with Gasteiger partial charge in [-0.25, -0.2) is 18.7 Å². The topological polar surface area (TPSA) is 88.8 Å². The van der Waals surface area contributed by atoms with Gasteiger partial charge in [-0.15, -0.1) is 0 Å². The van der Waals surface area contributed by atoms with E-state index < -0.39 is 5.92 Å². The lowest BCUT2D eigenvalue weighted by molar-refractivity contribution is 0.0165. The second-order valence-corrected chi connectivity index (χ2v) is 9.28. The standard InChI is InChI=1S/C25H28F2N6O/c1-13-5-6-16(11-28-13)30-24-29-12-19(25(4,26)27)23(32-24)18-8-9-20-17(18)7-10-21(31-20)22-14(2)33-34-15(22)3/h7-8,10,12-13,16,28H,5-6,9,11H2,1-4H3,(H,29,30,32)/t13-,16-/m1/s1. The fourth-order valence-electron chi connectivity index (χ4n) is 4.71. The van der Waals surface area contributed by atoms with Gasteiger partial charge in [0.2, 0.25) is 5.95 Å². The Balaban J connectivity index is 1.50. The van der Waals surface area contributed by atoms with Gasteiger partial charge in [0.25, 0.3) is 5.92 Å². The van der Waals surface area contributed by atoms with Gasteiger partial charge in [-0.1, -0.05) is 17.3 Å². The lowest BCUT2D eigenvalue weighted by Crippen LogP contribution is -2.43. The van der Waals surface area contributed by atoms with E-state index in [4.69, 9.17) is 9.51 Å². The number of allylic oxidation sites excluding steroid dienone is 1. The Kier molecular flexibility index (Phi) is 5.67. The Labute approximate surface area is 197 Å². The predicted molar refractivity (Wildman–Crippen MR) is 126 cm³/mol. The highest BCUT2D eigenvalue weighted by Crippen LogP contribution is 2.39. The van der Waals surface area contributed by atoms with E-state index in [1.807, 2.05) is 32.1 Å². The van der Waals surface area contributed by atoms with Crippen LogP contribution in [0.1, 0.15) is 60.7 Å². The molecule has 178 valence electrons. The minimum Gasteiger partial charge on any atom is -0.361 e. The van der Waals surface area contributed by atoms with Gasteiger partial charge in [0.05, 0.1) is 33.9 Å². The normalized spacial score (nSPS) is 20.2. The van der Waals surface area contributed by atoms with E-state index >= 15 is 0 Å². The van der Waals surface area contributed by atoms with Gasteiger partial charge < -0.3 is 15.2 Å². The number of aryl methyl sites for hydroxylation is 2. The Bertz CT molecular complexity index is 1240. The molecule has 0 radical (unpaired) electrons. The lowest BCUT2D eigenvalue weighted by atomic mass is 9.99. The molecule has 0 saturated carbocycles. The Morgan fingerprint density at radius 1 is 1.18 bits per heavy atom. The zero-order valence-electron chi connectivity index (χ0n) is 19.7. The number of pyridine rings is 1. The first kappa shape index (κ1) is 22.6. The molecule has 1 saturated heterocycles. The number of anilines is 1. The smallest absolute Gasteiger partial charge is 0.274 e. The van der Waals surface area contributed by atoms with Crippen molar-refractivity contribution in [1.29, 1.82) is 0 Å². The molecule has 0 aromatic carbocycles. The third-order valence-electron chi connectivity index (χ3n) is 6.56. The van der Waals surface area contributed by atoms with Gasteiger partial charge in [-0.05, 0) is 39.7 Å². The first-order chi connectivity index (χ1) is 16.2. The molecule has 3 aromatic rings. The van der Waals surface area contributed by atoms with Crippen molar-refractivity contribution in [3.63, 3.8) is 0 Å². The summed E-state index contributed by atoms with van der Waals surface area (Å²) in [4.78, 5) is 13.6. The van der Waals surface area contributed by atoms with Crippen molar-refractivity contribution in [3.8, 4) is 11.3 Å². The van der Waals surface area contributed by atoms with Gasteiger partial charge in [0.15, 0.2) is 0 Å². The highest BCUT2D eigenvalue weighted by molar-refractivity contribution is 5.85. The van der Waals surface area contributed by atoms with Crippen LogP contribution in [-0.4, -0.2) is 38.7 Å². The van der Waals surface area contributed by atoms with Crippen LogP contribution < -0.4 is 10.6 Å². The van der Waals surface area contributed by atoms with Crippen molar-refractivity contribution in [3.05, 3.63) is 58.4 Å². The molecule has 0 unspecified atom stereocenters. The number of piperidine rings is 1. The second-order valence-electron chi connectivity index (χ2n) is 9.28. The molecule has 4 heterocycles. The summed E-state index contributed by atoms with van der Waals surface area (Å²) in [5.41, 5.74) is 4.72. The van der Waals surface area contributed by atoms with E-state index in [0.29, 0.717) is 29.7 Å². The van der Waals surface area contributed by atoms with Crippen molar-refractivity contribution in [2.45, 2.75) is 65.0 Å². The molecule has 0 amide bonds. The van der Waals surface area contributed by atoms with E-state index in [1.165, 1.54) is 6.20 Å². The highest BCUT2D eigenvalue weighted by Gasteiger charge is 2.33. The van der Waals surface area contributed by atoms with Crippen molar-refractivity contribution in [2.75, 3.05) is 11.9 Å². The van der Waals surface area contributed by atoms with Crippen LogP contribution in [0, 0.1) is 13.8 Å². The molecule has 2 atom stereocenters. The molecule has 2 N–H and O–H groups in total. The predicted octanol–water partition coefficient (Wildman–Crippen LogP) is 4.80. The number of aromatic nitrogens is 4. The molecular weight excluding hydrogens is 438 g/mol. The summed E-state index contributed by atoms with van der Waals surface area (Å²) in [7, 11) is 0. The molecule has 2 aliphatic rings. The van der Waals surface area contributed by atoms with Crippen LogP contribution >= 0.6 is 0 Å². The maximum absolute atomic E-state index is 14.5. The number of fused-ring (bicyclic) bond motifs is 1. The van der Waals surface area contributed by atoms with E-state index in [9.17, 15) is 8.78 Å². The van der Waals surface area contributed by atoms with Crippen LogP contribution in [0.15, 0.2) is 28.9 Å². The molecule has 34 heavy (non-hydrogen) atoms. The quantitative estimate of drug-likeness (QED) is 0.559. The van der Waals surface area contributed by atoms with Crippen LogP contribution in [0.3, 0.4) is 0 Å². The summed E-state index contributed by atoms with van der Waals surface area (Å²) in [6.45, 7) is 7.53. The number of hydrogen-bond acceptors (Lipinski definition) is 7. The van der Waals surface area contributed by atoms with Gasteiger partial charge in [0.1, 0.15) is 5.76 Å². The van der Waals surface area contributed by atoms with Crippen LogP contribution in [0.5, 0.6) is 0 Å². The number of nitrogens with zero attached hydrogens (tertiary/aromatic N) is 4. The number of rotatable bonds is 5. The summed E-state index contributed by atoms with van der Waals surface area (Å²) in [5, 5.41) is 10.8. The van der Waals surface area contributed by atoms with E-state index in [-0.39, 0.29) is 17.3 Å². The lowest BCUT2D eigenvalue weighted by Gasteiger charge is -2.28. The van der Waals surface area contributed by atoms with Crippen LogP contribution in [0.2, 0.25) is 0 Å². The fraction of sp³-hybridized carbons (Fsp3) is 0.440. The van der Waals surface area contributed by atoms with Crippen molar-refractivity contribution < 1.29 is 13.3 Å². The second kappa shape index (κ2) is 8.54. The zero-order chi connectivity index (χ0) is 24.0. The summed E-state index contributed by atoms with van der Waals surface area (Å²) >= 11 is 0.